The van der Waals surface area contributed by atoms with E-state index in [0.29, 0.717) is 15.6 Å². The van der Waals surface area contributed by atoms with Crippen LogP contribution in [0.15, 0.2) is 41.3 Å². The van der Waals surface area contributed by atoms with Crippen molar-refractivity contribution >= 4 is 29.1 Å². The lowest BCUT2D eigenvalue weighted by molar-refractivity contribution is 0.0939. The van der Waals surface area contributed by atoms with Gasteiger partial charge >= 0.3 is 0 Å². The van der Waals surface area contributed by atoms with Crippen LogP contribution in [0.4, 0.5) is 0 Å². The quantitative estimate of drug-likeness (QED) is 0.914. The van der Waals surface area contributed by atoms with Gasteiger partial charge in [-0.05, 0) is 30.7 Å². The zero-order chi connectivity index (χ0) is 14.7. The smallest absolute Gasteiger partial charge is 0.253 e. The summed E-state index contributed by atoms with van der Waals surface area (Å²) in [6.07, 6.45) is 1.37. The molecular formula is C14H12Cl2N2O2. The Morgan fingerprint density at radius 1 is 1.20 bits per heavy atom. The summed E-state index contributed by atoms with van der Waals surface area (Å²) in [5.41, 5.74) is 0.979. The van der Waals surface area contributed by atoms with Crippen molar-refractivity contribution in [1.82, 2.24) is 10.3 Å². The number of nitrogens with one attached hydrogen (secondary N) is 2. The number of halogens is 2. The van der Waals surface area contributed by atoms with Crippen LogP contribution in [0.5, 0.6) is 0 Å². The van der Waals surface area contributed by atoms with Crippen molar-refractivity contribution in [3.63, 3.8) is 0 Å². The van der Waals surface area contributed by atoms with Gasteiger partial charge < -0.3 is 10.3 Å². The monoisotopic (exact) mass is 310 g/mol. The zero-order valence-corrected chi connectivity index (χ0v) is 12.1. The van der Waals surface area contributed by atoms with Gasteiger partial charge in [-0.25, -0.2) is 0 Å². The van der Waals surface area contributed by atoms with Gasteiger partial charge in [0.05, 0.1) is 21.7 Å². The predicted octanol–water partition coefficient (Wildman–Crippen LogP) is 3.17. The molecule has 0 spiro atoms. The minimum atomic E-state index is -0.278. The van der Waals surface area contributed by atoms with Crippen LogP contribution in [0, 0.1) is 0 Å². The number of aromatic nitrogens is 1. The molecule has 104 valence electrons. The molecule has 0 saturated heterocycles. The third kappa shape index (κ3) is 3.40. The summed E-state index contributed by atoms with van der Waals surface area (Å²) < 4.78 is 0. The average Bonchev–Trinajstić information content (AvgIpc) is 2.42. The number of rotatable bonds is 3. The Morgan fingerprint density at radius 2 is 1.95 bits per heavy atom. The van der Waals surface area contributed by atoms with Crippen molar-refractivity contribution < 1.29 is 4.79 Å². The van der Waals surface area contributed by atoms with Gasteiger partial charge in [0.15, 0.2) is 0 Å². The number of pyridine rings is 1. The molecule has 0 aliphatic carbocycles. The highest BCUT2D eigenvalue weighted by molar-refractivity contribution is 6.42. The van der Waals surface area contributed by atoms with E-state index < -0.39 is 0 Å². The number of amides is 1. The van der Waals surface area contributed by atoms with Crippen molar-refractivity contribution in [3.8, 4) is 0 Å². The van der Waals surface area contributed by atoms with E-state index in [1.165, 1.54) is 18.3 Å². The first kappa shape index (κ1) is 14.6. The SMILES string of the molecule is CC(NC(=O)c1ccc(=O)[nH]c1)c1ccc(Cl)c(Cl)c1. The number of hydrogen-bond donors (Lipinski definition) is 2. The second-order valence-corrected chi connectivity index (χ2v) is 5.12. The summed E-state index contributed by atoms with van der Waals surface area (Å²) in [5.74, 6) is -0.278. The van der Waals surface area contributed by atoms with E-state index in [0.717, 1.165) is 5.56 Å². The highest BCUT2D eigenvalue weighted by Crippen LogP contribution is 2.25. The Balaban J connectivity index is 2.12. The molecule has 2 N–H and O–H groups in total. The lowest BCUT2D eigenvalue weighted by Gasteiger charge is -2.15. The first-order valence-corrected chi connectivity index (χ1v) is 6.67. The van der Waals surface area contributed by atoms with Crippen LogP contribution in [-0.4, -0.2) is 10.9 Å². The molecule has 0 aliphatic heterocycles. The minimum absolute atomic E-state index is 0.232. The average molecular weight is 311 g/mol. The molecule has 1 aromatic carbocycles. The highest BCUT2D eigenvalue weighted by Gasteiger charge is 2.12. The van der Waals surface area contributed by atoms with E-state index in [4.69, 9.17) is 23.2 Å². The number of carbonyl (C=O) groups is 1. The molecule has 0 fully saturated rings. The number of hydrogen-bond acceptors (Lipinski definition) is 2. The molecule has 20 heavy (non-hydrogen) atoms. The van der Waals surface area contributed by atoms with E-state index in [2.05, 4.69) is 10.3 Å². The van der Waals surface area contributed by atoms with Crippen molar-refractivity contribution in [1.29, 1.82) is 0 Å². The standard InChI is InChI=1S/C14H12Cl2N2O2/c1-8(9-2-4-11(15)12(16)6-9)18-14(20)10-3-5-13(19)17-7-10/h2-8H,1H3,(H,17,19)(H,18,20). The van der Waals surface area contributed by atoms with Gasteiger partial charge in [-0.2, -0.15) is 0 Å². The maximum Gasteiger partial charge on any atom is 0.253 e. The van der Waals surface area contributed by atoms with E-state index in [1.807, 2.05) is 6.92 Å². The van der Waals surface area contributed by atoms with Gasteiger partial charge in [-0.1, -0.05) is 29.3 Å². The number of aromatic amines is 1. The van der Waals surface area contributed by atoms with Crippen LogP contribution in [0.1, 0.15) is 28.9 Å². The highest BCUT2D eigenvalue weighted by atomic mass is 35.5. The molecule has 2 aromatic rings. The summed E-state index contributed by atoms with van der Waals surface area (Å²) in [5, 5.41) is 3.72. The summed E-state index contributed by atoms with van der Waals surface area (Å²) >= 11 is 11.8. The number of H-pyrrole nitrogens is 1. The number of benzene rings is 1. The molecule has 2 rings (SSSR count). The molecule has 1 amide bonds. The molecule has 0 saturated carbocycles. The topological polar surface area (TPSA) is 62.0 Å². The van der Waals surface area contributed by atoms with E-state index in [-0.39, 0.29) is 17.5 Å². The van der Waals surface area contributed by atoms with Crippen LogP contribution in [0.2, 0.25) is 10.0 Å². The second-order valence-electron chi connectivity index (χ2n) is 4.31. The third-order valence-electron chi connectivity index (χ3n) is 2.84. The summed E-state index contributed by atoms with van der Waals surface area (Å²) in [4.78, 5) is 25.4. The molecular weight excluding hydrogens is 299 g/mol. The summed E-state index contributed by atoms with van der Waals surface area (Å²) in [7, 11) is 0. The Hall–Kier alpha value is -1.78. The maximum atomic E-state index is 12.0. The first-order valence-electron chi connectivity index (χ1n) is 5.92. The lowest BCUT2D eigenvalue weighted by atomic mass is 10.1. The van der Waals surface area contributed by atoms with Crippen LogP contribution in [0.25, 0.3) is 0 Å². The molecule has 0 aliphatic rings. The van der Waals surface area contributed by atoms with E-state index >= 15 is 0 Å². The van der Waals surface area contributed by atoms with Crippen molar-refractivity contribution in [2.45, 2.75) is 13.0 Å². The molecule has 6 heteroatoms. The third-order valence-corrected chi connectivity index (χ3v) is 3.58. The van der Waals surface area contributed by atoms with Crippen molar-refractivity contribution in [3.05, 3.63) is 68.1 Å². The molecule has 0 bridgehead atoms. The Kier molecular flexibility index (Phi) is 4.47. The maximum absolute atomic E-state index is 12.0. The molecule has 0 radical (unpaired) electrons. The van der Waals surface area contributed by atoms with Crippen LogP contribution in [0.3, 0.4) is 0 Å². The zero-order valence-electron chi connectivity index (χ0n) is 10.6. The van der Waals surface area contributed by atoms with Gasteiger partial charge in [0.25, 0.3) is 5.91 Å². The normalized spacial score (nSPS) is 11.9. The predicted molar refractivity (Wildman–Crippen MR) is 79.4 cm³/mol. The van der Waals surface area contributed by atoms with Crippen LogP contribution < -0.4 is 10.9 Å². The fourth-order valence-electron chi connectivity index (χ4n) is 1.70. The Labute approximate surface area is 125 Å². The fourth-order valence-corrected chi connectivity index (χ4v) is 2.00. The van der Waals surface area contributed by atoms with Gasteiger partial charge in [0, 0.05) is 12.3 Å². The molecule has 1 aromatic heterocycles. The van der Waals surface area contributed by atoms with Crippen LogP contribution in [-0.2, 0) is 0 Å². The van der Waals surface area contributed by atoms with Crippen molar-refractivity contribution in [2.75, 3.05) is 0 Å². The summed E-state index contributed by atoms with van der Waals surface area (Å²) in [6.45, 7) is 1.84. The van der Waals surface area contributed by atoms with E-state index in [1.54, 1.807) is 18.2 Å². The van der Waals surface area contributed by atoms with E-state index in [9.17, 15) is 9.59 Å². The Bertz CT molecular complexity index is 677. The molecule has 1 atom stereocenters. The van der Waals surface area contributed by atoms with Crippen LogP contribution >= 0.6 is 23.2 Å². The largest absolute Gasteiger partial charge is 0.345 e. The van der Waals surface area contributed by atoms with Gasteiger partial charge in [0.2, 0.25) is 5.56 Å². The second kappa shape index (κ2) is 6.11. The first-order chi connectivity index (χ1) is 9.47. The van der Waals surface area contributed by atoms with Gasteiger partial charge in [-0.3, -0.25) is 9.59 Å². The number of carbonyl (C=O) groups excluding carboxylic acids is 1. The minimum Gasteiger partial charge on any atom is -0.345 e. The molecule has 4 nitrogen and oxygen atoms in total. The molecule has 1 heterocycles. The fraction of sp³-hybridized carbons (Fsp3) is 0.143. The van der Waals surface area contributed by atoms with Crippen molar-refractivity contribution in [2.24, 2.45) is 0 Å². The lowest BCUT2D eigenvalue weighted by Crippen LogP contribution is -2.27. The Morgan fingerprint density at radius 3 is 2.55 bits per heavy atom. The molecule has 1 unspecified atom stereocenters. The summed E-state index contributed by atoms with van der Waals surface area (Å²) in [6, 6.07) is 7.73. The van der Waals surface area contributed by atoms with Gasteiger partial charge in [-0.15, -0.1) is 0 Å². The van der Waals surface area contributed by atoms with Gasteiger partial charge in [0.1, 0.15) is 0 Å².